The van der Waals surface area contributed by atoms with Gasteiger partial charge in [-0.2, -0.15) is 0 Å². The predicted molar refractivity (Wildman–Crippen MR) is 89.7 cm³/mol. The van der Waals surface area contributed by atoms with Crippen molar-refractivity contribution in [1.29, 1.82) is 0 Å². The van der Waals surface area contributed by atoms with Crippen LogP contribution in [0.5, 0.6) is 0 Å². The van der Waals surface area contributed by atoms with Gasteiger partial charge in [-0.3, -0.25) is 9.59 Å². The number of carbonyl (C=O) groups is 1. The summed E-state index contributed by atoms with van der Waals surface area (Å²) in [4.78, 5) is 23.9. The predicted octanol–water partition coefficient (Wildman–Crippen LogP) is 1.46. The highest BCUT2D eigenvalue weighted by Gasteiger charge is 2.13. The molecule has 1 aromatic carbocycles. The average molecular weight is 336 g/mol. The molecule has 0 fully saturated rings. The van der Waals surface area contributed by atoms with E-state index in [0.29, 0.717) is 17.3 Å². The maximum atomic E-state index is 12.0. The van der Waals surface area contributed by atoms with Gasteiger partial charge >= 0.3 is 0 Å². The van der Waals surface area contributed by atoms with E-state index in [1.54, 1.807) is 12.3 Å². The van der Waals surface area contributed by atoms with E-state index in [1.165, 1.54) is 23.8 Å². The zero-order valence-corrected chi connectivity index (χ0v) is 13.4. The quantitative estimate of drug-likeness (QED) is 0.836. The van der Waals surface area contributed by atoms with E-state index in [2.05, 4.69) is 5.32 Å². The molecule has 1 atom stereocenters. The molecule has 6 nitrogen and oxygen atoms in total. The third kappa shape index (κ3) is 4.66. The Morgan fingerprint density at radius 3 is 2.78 bits per heavy atom. The molecule has 2 rings (SSSR count). The molecule has 0 aliphatic carbocycles. The number of nitrogens with one attached hydrogen (secondary N) is 1. The molecule has 0 spiro atoms. The van der Waals surface area contributed by atoms with Crippen molar-refractivity contribution in [3.63, 3.8) is 0 Å². The molecule has 0 radical (unpaired) electrons. The summed E-state index contributed by atoms with van der Waals surface area (Å²) in [7, 11) is 1.47. The Balaban J connectivity index is 2.18. The first kappa shape index (κ1) is 17.2. The Bertz CT molecular complexity index is 745. The van der Waals surface area contributed by atoms with Crippen LogP contribution in [0.15, 0.2) is 47.4 Å². The van der Waals surface area contributed by atoms with Crippen LogP contribution in [-0.2, 0) is 16.1 Å². The normalized spacial score (nSPS) is 12.0. The number of nitrogens with two attached hydrogens (primary N) is 1. The Hall–Kier alpha value is -2.15. The van der Waals surface area contributed by atoms with Gasteiger partial charge in [0.1, 0.15) is 6.04 Å². The molecular formula is C16H18ClN3O3. The third-order valence-corrected chi connectivity index (χ3v) is 3.60. The van der Waals surface area contributed by atoms with Crippen LogP contribution in [0, 0.1) is 0 Å². The van der Waals surface area contributed by atoms with Crippen LogP contribution in [0.2, 0.25) is 5.02 Å². The van der Waals surface area contributed by atoms with Gasteiger partial charge in [-0.15, -0.1) is 0 Å². The highest BCUT2D eigenvalue weighted by molar-refractivity contribution is 6.31. The lowest BCUT2D eigenvalue weighted by atomic mass is 10.2. The minimum Gasteiger partial charge on any atom is -0.383 e. The second kappa shape index (κ2) is 7.92. The fourth-order valence-corrected chi connectivity index (χ4v) is 2.22. The van der Waals surface area contributed by atoms with Crippen molar-refractivity contribution >= 4 is 23.2 Å². The standard InChI is InChI=1S/C16H18ClN3O3/c1-23-10-14(18)16(22)19-12-6-7-15(21)20(9-12)8-11-4-2-3-5-13(11)17/h2-7,9,14H,8,10,18H2,1H3,(H,19,22). The molecule has 0 bridgehead atoms. The molecular weight excluding hydrogens is 318 g/mol. The van der Waals surface area contributed by atoms with Gasteiger partial charge in [-0.25, -0.2) is 0 Å². The lowest BCUT2D eigenvalue weighted by Crippen LogP contribution is -2.39. The number of pyridine rings is 1. The molecule has 0 aliphatic rings. The van der Waals surface area contributed by atoms with Gasteiger partial charge in [0.25, 0.3) is 5.56 Å². The summed E-state index contributed by atoms with van der Waals surface area (Å²) >= 11 is 6.11. The Morgan fingerprint density at radius 2 is 2.09 bits per heavy atom. The van der Waals surface area contributed by atoms with Crippen molar-refractivity contribution in [1.82, 2.24) is 4.57 Å². The second-order valence-corrected chi connectivity index (χ2v) is 5.43. The first-order valence-electron chi connectivity index (χ1n) is 7.00. The Morgan fingerprint density at radius 1 is 1.35 bits per heavy atom. The number of aromatic nitrogens is 1. The number of methoxy groups -OCH3 is 1. The van der Waals surface area contributed by atoms with Crippen molar-refractivity contribution in [2.24, 2.45) is 5.73 Å². The van der Waals surface area contributed by atoms with Crippen molar-refractivity contribution in [3.8, 4) is 0 Å². The van der Waals surface area contributed by atoms with E-state index in [1.807, 2.05) is 18.2 Å². The summed E-state index contributed by atoms with van der Waals surface area (Å²) in [6.45, 7) is 0.428. The van der Waals surface area contributed by atoms with Crippen LogP contribution in [0.1, 0.15) is 5.56 Å². The summed E-state index contributed by atoms with van der Waals surface area (Å²) in [5, 5.41) is 3.24. The van der Waals surface area contributed by atoms with E-state index in [9.17, 15) is 9.59 Å². The monoisotopic (exact) mass is 335 g/mol. The van der Waals surface area contributed by atoms with Gasteiger partial charge in [0.2, 0.25) is 5.91 Å². The first-order chi connectivity index (χ1) is 11.0. The molecule has 122 valence electrons. The topological polar surface area (TPSA) is 86.3 Å². The summed E-state index contributed by atoms with van der Waals surface area (Å²) in [5.74, 6) is -0.380. The summed E-state index contributed by atoms with van der Waals surface area (Å²) in [5.41, 5.74) is 6.77. The van der Waals surface area contributed by atoms with Gasteiger partial charge in [-0.1, -0.05) is 29.8 Å². The lowest BCUT2D eigenvalue weighted by molar-refractivity contribution is -0.118. The molecule has 0 saturated heterocycles. The zero-order valence-electron chi connectivity index (χ0n) is 12.7. The summed E-state index contributed by atoms with van der Waals surface area (Å²) in [6.07, 6.45) is 1.56. The van der Waals surface area contributed by atoms with Crippen molar-refractivity contribution in [2.75, 3.05) is 19.0 Å². The molecule has 1 heterocycles. The number of halogens is 1. The molecule has 0 saturated carbocycles. The van der Waals surface area contributed by atoms with Crippen molar-refractivity contribution in [2.45, 2.75) is 12.6 Å². The van der Waals surface area contributed by atoms with E-state index >= 15 is 0 Å². The number of anilines is 1. The van der Waals surface area contributed by atoms with Gasteiger partial charge in [-0.05, 0) is 17.7 Å². The van der Waals surface area contributed by atoms with Crippen molar-refractivity contribution < 1.29 is 9.53 Å². The zero-order chi connectivity index (χ0) is 16.8. The van der Waals surface area contributed by atoms with Gasteiger partial charge in [0.05, 0.1) is 18.8 Å². The largest absolute Gasteiger partial charge is 0.383 e. The van der Waals surface area contributed by atoms with Crippen LogP contribution in [0.25, 0.3) is 0 Å². The van der Waals surface area contributed by atoms with Crippen LogP contribution < -0.4 is 16.6 Å². The molecule has 23 heavy (non-hydrogen) atoms. The molecule has 1 aromatic heterocycles. The molecule has 1 unspecified atom stereocenters. The van der Waals surface area contributed by atoms with Crippen LogP contribution in [0.3, 0.4) is 0 Å². The smallest absolute Gasteiger partial charge is 0.250 e. The minimum absolute atomic E-state index is 0.116. The number of nitrogens with zero attached hydrogens (tertiary/aromatic N) is 1. The van der Waals surface area contributed by atoms with Crippen LogP contribution in [0.4, 0.5) is 5.69 Å². The maximum absolute atomic E-state index is 12.0. The van der Waals surface area contributed by atoms with Gasteiger partial charge in [0, 0.05) is 24.4 Å². The molecule has 3 N–H and O–H groups in total. The number of amides is 1. The van der Waals surface area contributed by atoms with Gasteiger partial charge < -0.3 is 20.4 Å². The van der Waals surface area contributed by atoms with E-state index in [4.69, 9.17) is 22.1 Å². The molecule has 0 aliphatic heterocycles. The van der Waals surface area contributed by atoms with Crippen molar-refractivity contribution in [3.05, 3.63) is 63.5 Å². The summed E-state index contributed by atoms with van der Waals surface area (Å²) < 4.78 is 6.31. The highest BCUT2D eigenvalue weighted by atomic mass is 35.5. The fourth-order valence-electron chi connectivity index (χ4n) is 2.03. The number of rotatable bonds is 6. The minimum atomic E-state index is -0.774. The van der Waals surface area contributed by atoms with E-state index in [-0.39, 0.29) is 18.1 Å². The third-order valence-electron chi connectivity index (χ3n) is 3.23. The fraction of sp³-hybridized carbons (Fsp3) is 0.250. The number of hydrogen-bond acceptors (Lipinski definition) is 4. The van der Waals surface area contributed by atoms with E-state index < -0.39 is 6.04 Å². The maximum Gasteiger partial charge on any atom is 0.250 e. The lowest BCUT2D eigenvalue weighted by Gasteiger charge is -2.13. The highest BCUT2D eigenvalue weighted by Crippen LogP contribution is 2.16. The molecule has 1 amide bonds. The number of carbonyl (C=O) groups excluding carboxylic acids is 1. The average Bonchev–Trinajstić information content (AvgIpc) is 2.53. The number of ether oxygens (including phenoxy) is 1. The number of benzene rings is 1. The van der Waals surface area contributed by atoms with E-state index in [0.717, 1.165) is 5.56 Å². The Kier molecular flexibility index (Phi) is 5.92. The first-order valence-corrected chi connectivity index (χ1v) is 7.38. The molecule has 7 heteroatoms. The van der Waals surface area contributed by atoms with Crippen LogP contribution in [-0.4, -0.2) is 30.2 Å². The molecule has 2 aromatic rings. The number of hydrogen-bond donors (Lipinski definition) is 2. The summed E-state index contributed by atoms with van der Waals surface area (Å²) in [6, 6.07) is 9.41. The van der Waals surface area contributed by atoms with Crippen LogP contribution >= 0.6 is 11.6 Å². The Labute approximate surface area is 138 Å². The van der Waals surface area contributed by atoms with Gasteiger partial charge in [0.15, 0.2) is 0 Å². The second-order valence-electron chi connectivity index (χ2n) is 5.03. The SMILES string of the molecule is COCC(N)C(=O)Nc1ccc(=O)n(Cc2ccccc2Cl)c1.